The second-order valence-corrected chi connectivity index (χ2v) is 5.66. The Morgan fingerprint density at radius 2 is 1.24 bits per heavy atom. The van der Waals surface area contributed by atoms with E-state index in [1.807, 2.05) is 23.2 Å². The molecule has 4 nitrogen and oxygen atoms in total. The molecule has 0 fully saturated rings. The topological polar surface area (TPSA) is 34.6 Å². The first-order valence-electron chi connectivity index (χ1n) is 7.23. The molecule has 0 aliphatic heterocycles. The summed E-state index contributed by atoms with van der Waals surface area (Å²) in [5.41, 5.74) is 7.67. The highest BCUT2D eigenvalue weighted by atomic mass is 15.4. The molecule has 0 saturated carbocycles. The third-order valence-corrected chi connectivity index (χ3v) is 3.91. The van der Waals surface area contributed by atoms with Gasteiger partial charge in [0.2, 0.25) is 0 Å². The van der Waals surface area contributed by atoms with E-state index in [2.05, 4.69) is 57.9 Å². The lowest BCUT2D eigenvalue weighted by molar-refractivity contribution is 0.803. The normalized spacial score (nSPS) is 13.1. The predicted molar refractivity (Wildman–Crippen MR) is 89.6 cm³/mol. The second-order valence-electron chi connectivity index (χ2n) is 5.66. The molecule has 0 aliphatic rings. The van der Waals surface area contributed by atoms with Gasteiger partial charge < -0.3 is 0 Å². The molecular formula is C17H24N4. The van der Waals surface area contributed by atoms with Crippen molar-refractivity contribution in [2.75, 3.05) is 0 Å². The van der Waals surface area contributed by atoms with E-state index in [-0.39, 0.29) is 0 Å². The molecule has 0 radical (unpaired) electrons. The van der Waals surface area contributed by atoms with Gasteiger partial charge in [-0.2, -0.15) is 10.2 Å². The fourth-order valence-corrected chi connectivity index (χ4v) is 2.33. The zero-order chi connectivity index (χ0) is 15.7. The summed E-state index contributed by atoms with van der Waals surface area (Å²) < 4.78 is 3.94. The van der Waals surface area contributed by atoms with Gasteiger partial charge >= 0.3 is 0 Å². The van der Waals surface area contributed by atoms with Gasteiger partial charge in [-0.05, 0) is 72.2 Å². The van der Waals surface area contributed by atoms with Crippen LogP contribution in [0.4, 0.5) is 0 Å². The summed E-state index contributed by atoms with van der Waals surface area (Å²) in [7, 11) is 0. The van der Waals surface area contributed by atoms with E-state index in [1.54, 1.807) is 0 Å². The number of aromatic nitrogens is 2. The Morgan fingerprint density at radius 3 is 1.67 bits per heavy atom. The van der Waals surface area contributed by atoms with Crippen LogP contribution in [0.25, 0.3) is 0 Å². The quantitative estimate of drug-likeness (QED) is 0.764. The molecule has 2 aromatic heterocycles. The van der Waals surface area contributed by atoms with Gasteiger partial charge in [0.05, 0.1) is 11.4 Å². The first-order valence-corrected chi connectivity index (χ1v) is 7.23. The zero-order valence-corrected chi connectivity index (χ0v) is 14.0. The zero-order valence-electron chi connectivity index (χ0n) is 14.0. The monoisotopic (exact) mass is 284 g/mol. The molecule has 4 heteroatoms. The molecule has 0 aliphatic carbocycles. The number of hydrogen-bond donors (Lipinski definition) is 0. The van der Waals surface area contributed by atoms with Gasteiger partial charge in [0.15, 0.2) is 0 Å². The van der Waals surface area contributed by atoms with E-state index in [9.17, 15) is 0 Å². The molecule has 0 spiro atoms. The minimum atomic E-state index is 0.919. The molecule has 0 aromatic carbocycles. The highest BCUT2D eigenvalue weighted by Crippen LogP contribution is 2.13. The van der Waals surface area contributed by atoms with Crippen LogP contribution >= 0.6 is 0 Å². The van der Waals surface area contributed by atoms with Crippen molar-refractivity contribution in [2.24, 2.45) is 10.2 Å². The highest BCUT2D eigenvalue weighted by molar-refractivity contribution is 6.40. The van der Waals surface area contributed by atoms with Crippen molar-refractivity contribution in [3.63, 3.8) is 0 Å². The van der Waals surface area contributed by atoms with Gasteiger partial charge in [-0.1, -0.05) is 0 Å². The van der Waals surface area contributed by atoms with Crippen LogP contribution in [-0.4, -0.2) is 20.8 Å². The third-order valence-electron chi connectivity index (χ3n) is 3.91. The lowest BCUT2D eigenvalue weighted by Gasteiger charge is -2.07. The van der Waals surface area contributed by atoms with Gasteiger partial charge in [-0.15, -0.1) is 0 Å². The van der Waals surface area contributed by atoms with Crippen LogP contribution in [0.3, 0.4) is 0 Å². The van der Waals surface area contributed by atoms with Crippen molar-refractivity contribution in [3.05, 3.63) is 46.5 Å². The van der Waals surface area contributed by atoms with Crippen LogP contribution in [0, 0.1) is 34.6 Å². The largest absolute Gasteiger partial charge is 0.242 e. The van der Waals surface area contributed by atoms with E-state index in [4.69, 9.17) is 5.10 Å². The maximum atomic E-state index is 4.71. The van der Waals surface area contributed by atoms with Gasteiger partial charge in [0, 0.05) is 22.8 Å². The van der Waals surface area contributed by atoms with Crippen LogP contribution in [-0.2, 0) is 0 Å². The van der Waals surface area contributed by atoms with E-state index < -0.39 is 0 Å². The molecule has 0 N–H and O–H groups in total. The summed E-state index contributed by atoms with van der Waals surface area (Å²) in [5.74, 6) is 0. The van der Waals surface area contributed by atoms with Crippen LogP contribution in [0.1, 0.15) is 42.2 Å². The standard InChI is InChI=1S/C17H24N4/c1-11-10-14(4)21(17(11)7)19-16(6)15(5)18-20-12(2)8-9-13(20)3/h8-10H,1-7H3/b18-15-,19-16-. The molecule has 0 amide bonds. The van der Waals surface area contributed by atoms with E-state index in [0.29, 0.717) is 0 Å². The van der Waals surface area contributed by atoms with Crippen molar-refractivity contribution in [3.8, 4) is 0 Å². The molecule has 0 atom stereocenters. The van der Waals surface area contributed by atoms with Crippen molar-refractivity contribution >= 4 is 11.4 Å². The first kappa shape index (κ1) is 15.3. The van der Waals surface area contributed by atoms with Crippen molar-refractivity contribution < 1.29 is 0 Å². The molecule has 112 valence electrons. The number of aryl methyl sites for hydroxylation is 4. The average Bonchev–Trinajstić information content (AvgIpc) is 2.86. The van der Waals surface area contributed by atoms with Crippen LogP contribution in [0.5, 0.6) is 0 Å². The van der Waals surface area contributed by atoms with Gasteiger partial charge in [-0.25, -0.2) is 9.35 Å². The number of rotatable bonds is 3. The summed E-state index contributed by atoms with van der Waals surface area (Å²) in [5, 5.41) is 9.38. The van der Waals surface area contributed by atoms with Crippen LogP contribution in [0.2, 0.25) is 0 Å². The van der Waals surface area contributed by atoms with Crippen LogP contribution < -0.4 is 0 Å². The average molecular weight is 284 g/mol. The van der Waals surface area contributed by atoms with E-state index in [1.165, 1.54) is 11.3 Å². The summed E-state index contributed by atoms with van der Waals surface area (Å²) in [6.07, 6.45) is 0. The SMILES string of the molecule is CC(=N/n1c(C)ccc1C)/C(C)=N\n1c(C)cc(C)c1C. The smallest absolute Gasteiger partial charge is 0.0812 e. The molecule has 0 unspecified atom stereocenters. The lowest BCUT2D eigenvalue weighted by Crippen LogP contribution is -2.12. The minimum Gasteiger partial charge on any atom is -0.242 e. The molecular weight excluding hydrogens is 260 g/mol. The molecule has 2 heterocycles. The summed E-state index contributed by atoms with van der Waals surface area (Å²) in [6.45, 7) is 14.4. The minimum absolute atomic E-state index is 0.919. The molecule has 2 aromatic rings. The Labute approximate surface area is 126 Å². The first-order chi connectivity index (χ1) is 9.81. The van der Waals surface area contributed by atoms with Crippen molar-refractivity contribution in [1.29, 1.82) is 0 Å². The predicted octanol–water partition coefficient (Wildman–Crippen LogP) is 3.98. The Kier molecular flexibility index (Phi) is 4.16. The fourth-order valence-electron chi connectivity index (χ4n) is 2.33. The van der Waals surface area contributed by atoms with Gasteiger partial charge in [-0.3, -0.25) is 0 Å². The highest BCUT2D eigenvalue weighted by Gasteiger charge is 2.07. The fraction of sp³-hybridized carbons (Fsp3) is 0.412. The van der Waals surface area contributed by atoms with E-state index in [0.717, 1.165) is 28.5 Å². The van der Waals surface area contributed by atoms with Crippen molar-refractivity contribution in [2.45, 2.75) is 48.5 Å². The number of nitrogens with zero attached hydrogens (tertiary/aromatic N) is 4. The van der Waals surface area contributed by atoms with Gasteiger partial charge in [0.1, 0.15) is 0 Å². The van der Waals surface area contributed by atoms with Gasteiger partial charge in [0.25, 0.3) is 0 Å². The number of hydrogen-bond acceptors (Lipinski definition) is 2. The van der Waals surface area contributed by atoms with Crippen LogP contribution in [0.15, 0.2) is 28.4 Å². The molecule has 0 bridgehead atoms. The summed E-state index contributed by atoms with van der Waals surface area (Å²) in [6, 6.07) is 6.29. The van der Waals surface area contributed by atoms with E-state index >= 15 is 0 Å². The summed E-state index contributed by atoms with van der Waals surface area (Å²) >= 11 is 0. The molecule has 0 saturated heterocycles. The molecule has 2 rings (SSSR count). The van der Waals surface area contributed by atoms with Crippen molar-refractivity contribution in [1.82, 2.24) is 9.35 Å². The molecule has 21 heavy (non-hydrogen) atoms. The maximum Gasteiger partial charge on any atom is 0.0812 e. The Balaban J connectivity index is 2.39. The third kappa shape index (κ3) is 2.99. The summed E-state index contributed by atoms with van der Waals surface area (Å²) in [4.78, 5) is 0. The lowest BCUT2D eigenvalue weighted by atomic mass is 10.3. The second kappa shape index (κ2) is 5.72. The Morgan fingerprint density at radius 1 is 0.762 bits per heavy atom. The Hall–Kier alpha value is -2.10. The maximum absolute atomic E-state index is 4.71. The Bertz CT molecular complexity index is 707.